The normalized spacial score (nSPS) is 10.2. The minimum atomic E-state index is -0.206. The summed E-state index contributed by atoms with van der Waals surface area (Å²) in [5.74, 6) is 1.48. The van der Waals surface area contributed by atoms with E-state index in [2.05, 4.69) is 15.5 Å². The molecule has 0 spiro atoms. The van der Waals surface area contributed by atoms with Crippen molar-refractivity contribution >= 4 is 11.6 Å². The molecule has 0 atom stereocenters. The van der Waals surface area contributed by atoms with Crippen LogP contribution < -0.4 is 15.8 Å². The summed E-state index contributed by atoms with van der Waals surface area (Å²) in [4.78, 5) is 15.6. The third-order valence-electron chi connectivity index (χ3n) is 2.49. The fourth-order valence-corrected chi connectivity index (χ4v) is 1.52. The molecule has 0 saturated carbocycles. The zero-order valence-electron chi connectivity index (χ0n) is 11.1. The maximum absolute atomic E-state index is 11.6. The molecule has 106 valence electrons. The number of hydrogen-bond acceptors (Lipinski definition) is 6. The lowest BCUT2D eigenvalue weighted by molar-refractivity contribution is -0.123. The largest absolute Gasteiger partial charge is 0.484 e. The van der Waals surface area contributed by atoms with Gasteiger partial charge in [0.25, 0.3) is 5.91 Å². The maximum atomic E-state index is 11.6. The van der Waals surface area contributed by atoms with Gasteiger partial charge in [-0.1, -0.05) is 5.16 Å². The first-order chi connectivity index (χ1) is 9.63. The molecule has 3 N–H and O–H groups in total. The topological polar surface area (TPSA) is 103 Å². The molecule has 1 aromatic heterocycles. The van der Waals surface area contributed by atoms with Crippen molar-refractivity contribution in [3.63, 3.8) is 0 Å². The SMILES string of the molecule is Cc1nc(CCNC(=O)COc2ccc(N)cc2)no1. The van der Waals surface area contributed by atoms with Crippen LogP contribution in [0, 0.1) is 6.92 Å². The number of aryl methyl sites for hydroxylation is 1. The first-order valence-electron chi connectivity index (χ1n) is 6.18. The van der Waals surface area contributed by atoms with Crippen LogP contribution in [0.3, 0.4) is 0 Å². The second kappa shape index (κ2) is 6.55. The number of aromatic nitrogens is 2. The van der Waals surface area contributed by atoms with Crippen molar-refractivity contribution in [2.45, 2.75) is 13.3 Å². The molecule has 0 aliphatic carbocycles. The van der Waals surface area contributed by atoms with Crippen molar-refractivity contribution in [2.75, 3.05) is 18.9 Å². The Morgan fingerprint density at radius 3 is 2.80 bits per heavy atom. The number of nitrogens with zero attached hydrogens (tertiary/aromatic N) is 2. The monoisotopic (exact) mass is 276 g/mol. The van der Waals surface area contributed by atoms with Crippen molar-refractivity contribution in [3.8, 4) is 5.75 Å². The first-order valence-corrected chi connectivity index (χ1v) is 6.18. The molecular formula is C13H16N4O3. The molecule has 20 heavy (non-hydrogen) atoms. The smallest absolute Gasteiger partial charge is 0.257 e. The lowest BCUT2D eigenvalue weighted by Gasteiger charge is -2.06. The highest BCUT2D eigenvalue weighted by atomic mass is 16.5. The van der Waals surface area contributed by atoms with Gasteiger partial charge in [0, 0.05) is 25.6 Å². The summed E-state index contributed by atoms with van der Waals surface area (Å²) in [7, 11) is 0. The Kier molecular flexibility index (Phi) is 4.54. The number of hydrogen-bond donors (Lipinski definition) is 2. The maximum Gasteiger partial charge on any atom is 0.257 e. The quantitative estimate of drug-likeness (QED) is 0.753. The van der Waals surface area contributed by atoms with Gasteiger partial charge in [-0.25, -0.2) is 0 Å². The molecule has 7 nitrogen and oxygen atoms in total. The number of carbonyl (C=O) groups excluding carboxylic acids is 1. The number of anilines is 1. The van der Waals surface area contributed by atoms with E-state index in [0.717, 1.165) is 0 Å². The minimum Gasteiger partial charge on any atom is -0.484 e. The highest BCUT2D eigenvalue weighted by Crippen LogP contribution is 2.12. The summed E-state index contributed by atoms with van der Waals surface area (Å²) in [5.41, 5.74) is 6.20. The van der Waals surface area contributed by atoms with E-state index >= 15 is 0 Å². The fourth-order valence-electron chi connectivity index (χ4n) is 1.52. The van der Waals surface area contributed by atoms with Crippen molar-refractivity contribution in [1.29, 1.82) is 0 Å². The van der Waals surface area contributed by atoms with Crippen LogP contribution in [0.25, 0.3) is 0 Å². The Morgan fingerprint density at radius 2 is 2.15 bits per heavy atom. The van der Waals surface area contributed by atoms with E-state index < -0.39 is 0 Å². The predicted octanol–water partition coefficient (Wildman–Crippen LogP) is 0.698. The summed E-state index contributed by atoms with van der Waals surface area (Å²) in [6.45, 7) is 2.10. The molecule has 0 unspecified atom stereocenters. The zero-order chi connectivity index (χ0) is 14.4. The van der Waals surface area contributed by atoms with E-state index in [1.54, 1.807) is 31.2 Å². The van der Waals surface area contributed by atoms with Crippen molar-refractivity contribution in [1.82, 2.24) is 15.5 Å². The second-order valence-electron chi connectivity index (χ2n) is 4.19. The lowest BCUT2D eigenvalue weighted by Crippen LogP contribution is -2.30. The van der Waals surface area contributed by atoms with Crippen LogP contribution in [-0.2, 0) is 11.2 Å². The average molecular weight is 276 g/mol. The van der Waals surface area contributed by atoms with E-state index in [1.165, 1.54) is 0 Å². The molecule has 7 heteroatoms. The van der Waals surface area contributed by atoms with Gasteiger partial charge in [-0.05, 0) is 24.3 Å². The molecule has 0 fully saturated rings. The number of nitrogen functional groups attached to an aromatic ring is 1. The molecule has 2 rings (SSSR count). The van der Waals surface area contributed by atoms with Crippen LogP contribution in [0.15, 0.2) is 28.8 Å². The van der Waals surface area contributed by atoms with Gasteiger partial charge < -0.3 is 20.3 Å². The number of amides is 1. The summed E-state index contributed by atoms with van der Waals surface area (Å²) < 4.78 is 10.1. The number of rotatable bonds is 6. The Labute approximate surface area is 116 Å². The van der Waals surface area contributed by atoms with Crippen molar-refractivity contribution in [2.24, 2.45) is 0 Å². The third kappa shape index (κ3) is 4.27. The van der Waals surface area contributed by atoms with Crippen LogP contribution in [0.5, 0.6) is 5.75 Å². The Morgan fingerprint density at radius 1 is 1.40 bits per heavy atom. The minimum absolute atomic E-state index is 0.0464. The van der Waals surface area contributed by atoms with E-state index in [1.807, 2.05) is 0 Å². The molecule has 0 saturated heterocycles. The highest BCUT2D eigenvalue weighted by molar-refractivity contribution is 5.77. The predicted molar refractivity (Wildman–Crippen MR) is 72.1 cm³/mol. The lowest BCUT2D eigenvalue weighted by atomic mass is 10.3. The van der Waals surface area contributed by atoms with Gasteiger partial charge in [-0.2, -0.15) is 4.98 Å². The standard InChI is InChI=1S/C13H16N4O3/c1-9-16-12(17-20-9)6-7-15-13(18)8-19-11-4-2-10(14)3-5-11/h2-5H,6-8,14H2,1H3,(H,15,18). The van der Waals surface area contributed by atoms with Crippen LogP contribution in [0.2, 0.25) is 0 Å². The Balaban J connectivity index is 1.66. The van der Waals surface area contributed by atoms with Gasteiger partial charge >= 0.3 is 0 Å². The third-order valence-corrected chi connectivity index (χ3v) is 2.49. The Hall–Kier alpha value is -2.57. The molecular weight excluding hydrogens is 260 g/mol. The molecule has 0 aliphatic rings. The second-order valence-corrected chi connectivity index (χ2v) is 4.19. The number of benzene rings is 1. The molecule has 0 bridgehead atoms. The number of ether oxygens (including phenoxy) is 1. The summed E-state index contributed by atoms with van der Waals surface area (Å²) in [5, 5.41) is 6.45. The van der Waals surface area contributed by atoms with E-state index in [0.29, 0.717) is 36.1 Å². The molecule has 0 aliphatic heterocycles. The molecule has 2 aromatic rings. The highest BCUT2D eigenvalue weighted by Gasteiger charge is 2.05. The van der Waals surface area contributed by atoms with Crippen LogP contribution in [-0.4, -0.2) is 29.2 Å². The van der Waals surface area contributed by atoms with Gasteiger partial charge in [0.05, 0.1) is 0 Å². The van der Waals surface area contributed by atoms with Gasteiger partial charge in [-0.3, -0.25) is 4.79 Å². The van der Waals surface area contributed by atoms with Crippen LogP contribution >= 0.6 is 0 Å². The Bertz CT molecular complexity index is 565. The van der Waals surface area contributed by atoms with E-state index in [-0.39, 0.29) is 12.5 Å². The zero-order valence-corrected chi connectivity index (χ0v) is 11.1. The van der Waals surface area contributed by atoms with Crippen LogP contribution in [0.1, 0.15) is 11.7 Å². The summed E-state index contributed by atoms with van der Waals surface area (Å²) >= 11 is 0. The number of carbonyl (C=O) groups is 1. The van der Waals surface area contributed by atoms with Crippen molar-refractivity contribution in [3.05, 3.63) is 36.0 Å². The van der Waals surface area contributed by atoms with Gasteiger partial charge in [0.2, 0.25) is 5.89 Å². The number of nitrogens with one attached hydrogen (secondary N) is 1. The van der Waals surface area contributed by atoms with Gasteiger partial charge in [-0.15, -0.1) is 0 Å². The molecule has 1 aromatic carbocycles. The summed E-state index contributed by atoms with van der Waals surface area (Å²) in [6, 6.07) is 6.85. The number of nitrogens with two attached hydrogens (primary N) is 1. The van der Waals surface area contributed by atoms with E-state index in [4.69, 9.17) is 15.0 Å². The average Bonchev–Trinajstić information content (AvgIpc) is 2.84. The first kappa shape index (κ1) is 13.9. The van der Waals surface area contributed by atoms with Gasteiger partial charge in [0.1, 0.15) is 5.75 Å². The van der Waals surface area contributed by atoms with E-state index in [9.17, 15) is 4.79 Å². The fraction of sp³-hybridized carbons (Fsp3) is 0.308. The molecule has 0 radical (unpaired) electrons. The van der Waals surface area contributed by atoms with Crippen LogP contribution in [0.4, 0.5) is 5.69 Å². The van der Waals surface area contributed by atoms with Crippen molar-refractivity contribution < 1.29 is 14.1 Å². The van der Waals surface area contributed by atoms with Gasteiger partial charge in [0.15, 0.2) is 12.4 Å². The molecule has 1 amide bonds. The molecule has 1 heterocycles. The summed E-state index contributed by atoms with van der Waals surface area (Å²) in [6.07, 6.45) is 0.519.